The minimum atomic E-state index is -4.99. The van der Waals surface area contributed by atoms with Crippen LogP contribution in [0.5, 0.6) is 5.75 Å². The third kappa shape index (κ3) is 3.05. The SMILES string of the molecule is OCc1c(CBr)ncc(OC(F)(F)F)c1F. The van der Waals surface area contributed by atoms with E-state index in [2.05, 4.69) is 25.7 Å². The number of alkyl halides is 4. The van der Waals surface area contributed by atoms with E-state index < -0.39 is 24.5 Å². The molecule has 8 heteroatoms. The van der Waals surface area contributed by atoms with E-state index in [1.807, 2.05) is 0 Å². The second-order valence-corrected chi connectivity index (χ2v) is 3.26. The molecule has 0 bridgehead atoms. The quantitative estimate of drug-likeness (QED) is 0.689. The van der Waals surface area contributed by atoms with Gasteiger partial charge in [-0.25, -0.2) is 4.39 Å². The Labute approximate surface area is 96.2 Å². The first-order valence-corrected chi connectivity index (χ1v) is 5.10. The van der Waals surface area contributed by atoms with E-state index in [0.717, 1.165) is 0 Å². The van der Waals surface area contributed by atoms with Gasteiger partial charge in [-0.1, -0.05) is 15.9 Å². The molecule has 0 aliphatic carbocycles. The maximum absolute atomic E-state index is 13.4. The standard InChI is InChI=1S/C8H6BrF4NO2/c9-1-5-4(3-15)7(10)6(2-14-5)16-8(11,12)13/h2,15H,1,3H2. The maximum Gasteiger partial charge on any atom is 0.573 e. The maximum atomic E-state index is 13.4. The summed E-state index contributed by atoms with van der Waals surface area (Å²) in [4.78, 5) is 3.54. The van der Waals surface area contributed by atoms with Gasteiger partial charge in [0.2, 0.25) is 0 Å². The zero-order valence-corrected chi connectivity index (χ0v) is 9.27. The van der Waals surface area contributed by atoms with E-state index in [0.29, 0.717) is 6.20 Å². The second kappa shape index (κ2) is 4.96. The van der Waals surface area contributed by atoms with Crippen molar-refractivity contribution >= 4 is 15.9 Å². The predicted molar refractivity (Wildman–Crippen MR) is 49.4 cm³/mol. The molecule has 0 atom stereocenters. The summed E-state index contributed by atoms with van der Waals surface area (Å²) in [6.07, 6.45) is -4.37. The van der Waals surface area contributed by atoms with Crippen molar-refractivity contribution in [2.24, 2.45) is 0 Å². The van der Waals surface area contributed by atoms with Crippen LogP contribution in [0.2, 0.25) is 0 Å². The van der Waals surface area contributed by atoms with Crippen LogP contribution in [-0.2, 0) is 11.9 Å². The highest BCUT2D eigenvalue weighted by Crippen LogP contribution is 2.28. The highest BCUT2D eigenvalue weighted by molar-refractivity contribution is 9.08. The molecule has 90 valence electrons. The highest BCUT2D eigenvalue weighted by Gasteiger charge is 2.33. The van der Waals surface area contributed by atoms with Crippen LogP contribution in [0.4, 0.5) is 17.6 Å². The molecule has 0 amide bonds. The molecule has 1 aromatic rings. The van der Waals surface area contributed by atoms with Crippen molar-refractivity contribution in [1.29, 1.82) is 0 Å². The molecule has 0 saturated heterocycles. The van der Waals surface area contributed by atoms with Gasteiger partial charge in [0.15, 0.2) is 11.6 Å². The Hall–Kier alpha value is -0.890. The molecule has 1 aromatic heterocycles. The van der Waals surface area contributed by atoms with Gasteiger partial charge in [0.05, 0.1) is 18.5 Å². The van der Waals surface area contributed by atoms with Crippen molar-refractivity contribution < 1.29 is 27.4 Å². The van der Waals surface area contributed by atoms with Crippen molar-refractivity contribution in [1.82, 2.24) is 4.98 Å². The number of ether oxygens (including phenoxy) is 1. The van der Waals surface area contributed by atoms with Crippen LogP contribution in [0.3, 0.4) is 0 Å². The van der Waals surface area contributed by atoms with Gasteiger partial charge in [-0.2, -0.15) is 0 Å². The van der Waals surface area contributed by atoms with Crippen molar-refractivity contribution in [3.8, 4) is 5.75 Å². The number of hydrogen-bond acceptors (Lipinski definition) is 3. The monoisotopic (exact) mass is 303 g/mol. The van der Waals surface area contributed by atoms with Gasteiger partial charge in [-0.15, -0.1) is 13.2 Å². The summed E-state index contributed by atoms with van der Waals surface area (Å²) in [5.74, 6) is -2.31. The molecule has 0 fully saturated rings. The van der Waals surface area contributed by atoms with Crippen LogP contribution in [0.1, 0.15) is 11.3 Å². The van der Waals surface area contributed by atoms with E-state index in [1.54, 1.807) is 0 Å². The lowest BCUT2D eigenvalue weighted by molar-refractivity contribution is -0.275. The molecule has 0 aromatic carbocycles. The number of aliphatic hydroxyl groups excluding tert-OH is 1. The van der Waals surface area contributed by atoms with E-state index in [4.69, 9.17) is 5.11 Å². The topological polar surface area (TPSA) is 42.4 Å². The predicted octanol–water partition coefficient (Wildman–Crippen LogP) is 2.51. The highest BCUT2D eigenvalue weighted by atomic mass is 79.9. The Morgan fingerprint density at radius 2 is 2.06 bits per heavy atom. The molecule has 0 radical (unpaired) electrons. The summed E-state index contributed by atoms with van der Waals surface area (Å²) < 4.78 is 52.4. The third-order valence-electron chi connectivity index (χ3n) is 1.68. The van der Waals surface area contributed by atoms with Crippen LogP contribution in [-0.4, -0.2) is 16.5 Å². The Morgan fingerprint density at radius 1 is 1.44 bits per heavy atom. The van der Waals surface area contributed by atoms with Crippen LogP contribution in [0.25, 0.3) is 0 Å². The molecule has 0 aliphatic heterocycles. The van der Waals surface area contributed by atoms with Crippen molar-refractivity contribution in [3.05, 3.63) is 23.3 Å². The zero-order chi connectivity index (χ0) is 12.3. The molecular weight excluding hydrogens is 298 g/mol. The summed E-state index contributed by atoms with van der Waals surface area (Å²) >= 11 is 2.97. The summed E-state index contributed by atoms with van der Waals surface area (Å²) in [7, 11) is 0. The van der Waals surface area contributed by atoms with Gasteiger partial charge >= 0.3 is 6.36 Å². The Balaban J connectivity index is 3.14. The summed E-state index contributed by atoms with van der Waals surface area (Å²) in [5, 5.41) is 8.93. The average Bonchev–Trinajstić information content (AvgIpc) is 2.19. The van der Waals surface area contributed by atoms with Crippen LogP contribution >= 0.6 is 15.9 Å². The lowest BCUT2D eigenvalue weighted by Crippen LogP contribution is -2.19. The fourth-order valence-corrected chi connectivity index (χ4v) is 1.50. The normalized spacial score (nSPS) is 11.6. The number of hydrogen-bond donors (Lipinski definition) is 1. The average molecular weight is 304 g/mol. The minimum absolute atomic E-state index is 0.117. The fraction of sp³-hybridized carbons (Fsp3) is 0.375. The van der Waals surface area contributed by atoms with Gasteiger partial charge in [-0.05, 0) is 0 Å². The molecular formula is C8H6BrF4NO2. The number of halogens is 5. The second-order valence-electron chi connectivity index (χ2n) is 2.70. The molecule has 1 N–H and O–H groups in total. The van der Waals surface area contributed by atoms with Crippen molar-refractivity contribution in [2.75, 3.05) is 0 Å². The Morgan fingerprint density at radius 3 is 2.50 bits per heavy atom. The smallest absolute Gasteiger partial charge is 0.401 e. The zero-order valence-electron chi connectivity index (χ0n) is 7.68. The molecule has 1 rings (SSSR count). The van der Waals surface area contributed by atoms with E-state index in [-0.39, 0.29) is 16.6 Å². The molecule has 16 heavy (non-hydrogen) atoms. The van der Waals surface area contributed by atoms with Crippen LogP contribution < -0.4 is 4.74 Å². The fourth-order valence-electron chi connectivity index (χ4n) is 1.02. The number of aliphatic hydroxyl groups is 1. The van der Waals surface area contributed by atoms with Crippen LogP contribution in [0.15, 0.2) is 6.20 Å². The number of aromatic nitrogens is 1. The largest absolute Gasteiger partial charge is 0.573 e. The van der Waals surface area contributed by atoms with Crippen molar-refractivity contribution in [3.63, 3.8) is 0 Å². The van der Waals surface area contributed by atoms with Crippen LogP contribution in [0, 0.1) is 5.82 Å². The summed E-state index contributed by atoms with van der Waals surface area (Å²) in [6.45, 7) is -0.755. The van der Waals surface area contributed by atoms with Crippen molar-refractivity contribution in [2.45, 2.75) is 18.3 Å². The number of nitrogens with zero attached hydrogens (tertiary/aromatic N) is 1. The number of rotatable bonds is 3. The van der Waals surface area contributed by atoms with E-state index in [1.165, 1.54) is 0 Å². The molecule has 0 aliphatic rings. The number of pyridine rings is 1. The Bertz CT molecular complexity index is 383. The van der Waals surface area contributed by atoms with Gasteiger partial charge < -0.3 is 9.84 Å². The lowest BCUT2D eigenvalue weighted by Gasteiger charge is -2.12. The molecule has 3 nitrogen and oxygen atoms in total. The summed E-state index contributed by atoms with van der Waals surface area (Å²) in [6, 6.07) is 0. The first kappa shape index (κ1) is 13.2. The van der Waals surface area contributed by atoms with Gasteiger partial charge in [0.25, 0.3) is 0 Å². The van der Waals surface area contributed by atoms with Gasteiger partial charge in [0.1, 0.15) is 0 Å². The molecule has 0 saturated carbocycles. The summed E-state index contributed by atoms with van der Waals surface area (Å²) in [5.41, 5.74) is -0.201. The minimum Gasteiger partial charge on any atom is -0.401 e. The Kier molecular flexibility index (Phi) is 4.09. The van der Waals surface area contributed by atoms with E-state index >= 15 is 0 Å². The first-order valence-electron chi connectivity index (χ1n) is 3.98. The van der Waals surface area contributed by atoms with E-state index in [9.17, 15) is 17.6 Å². The lowest BCUT2D eigenvalue weighted by atomic mass is 10.2. The molecule has 1 heterocycles. The molecule has 0 unspecified atom stereocenters. The molecule has 0 spiro atoms. The first-order chi connectivity index (χ1) is 7.39. The third-order valence-corrected chi connectivity index (χ3v) is 2.21. The van der Waals surface area contributed by atoms with Gasteiger partial charge in [0, 0.05) is 10.9 Å². The van der Waals surface area contributed by atoms with Gasteiger partial charge in [-0.3, -0.25) is 4.98 Å².